The van der Waals surface area contributed by atoms with E-state index in [4.69, 9.17) is 0 Å². The molecule has 5 atom stereocenters. The van der Waals surface area contributed by atoms with Gasteiger partial charge in [0.15, 0.2) is 11.7 Å². The van der Waals surface area contributed by atoms with Gasteiger partial charge in [-0.1, -0.05) is 12.1 Å². The van der Waals surface area contributed by atoms with Gasteiger partial charge in [-0.15, -0.1) is 4.40 Å². The van der Waals surface area contributed by atoms with Crippen molar-refractivity contribution in [2.45, 2.75) is 43.2 Å². The van der Waals surface area contributed by atoms with Crippen LogP contribution in [-0.4, -0.2) is 57.6 Å². The van der Waals surface area contributed by atoms with Crippen molar-refractivity contribution < 1.29 is 30.8 Å². The second kappa shape index (κ2) is 8.84. The number of nitrogens with one attached hydrogen (secondary N) is 1. The highest BCUT2D eigenvalue weighted by molar-refractivity contribution is 7.93. The van der Waals surface area contributed by atoms with Gasteiger partial charge in [-0.25, -0.2) is 12.8 Å². The molecule has 4 fully saturated rings. The Morgan fingerprint density at radius 3 is 2.48 bits per heavy atom. The van der Waals surface area contributed by atoms with E-state index < -0.39 is 43.6 Å². The number of amidine groups is 1. The van der Waals surface area contributed by atoms with E-state index in [2.05, 4.69) is 9.71 Å². The Bertz CT molecular complexity index is 1690. The van der Waals surface area contributed by atoms with Crippen molar-refractivity contribution >= 4 is 48.9 Å². The second-order valence-electron chi connectivity index (χ2n) is 11.3. The number of rotatable bonds is 4. The van der Waals surface area contributed by atoms with Crippen LogP contribution in [-0.2, 0) is 36.2 Å². The molecular weight excluding hydrogens is 559 g/mol. The number of nitrogens with zero attached hydrogens (tertiary/aromatic N) is 3. The zero-order valence-electron chi connectivity index (χ0n) is 21.4. The third-order valence-electron chi connectivity index (χ3n) is 9.03. The molecule has 1 amide bonds. The van der Waals surface area contributed by atoms with Gasteiger partial charge in [0.1, 0.15) is 16.5 Å². The molecular formula is C27H27FN4O6S2. The highest BCUT2D eigenvalue weighted by Gasteiger charge is 2.60. The van der Waals surface area contributed by atoms with Gasteiger partial charge in [0, 0.05) is 25.0 Å². The van der Waals surface area contributed by atoms with Gasteiger partial charge in [0.05, 0.1) is 17.1 Å². The molecule has 2 aromatic carbocycles. The van der Waals surface area contributed by atoms with Crippen LogP contribution in [0.25, 0.3) is 0 Å². The Labute approximate surface area is 231 Å². The lowest BCUT2D eigenvalue weighted by molar-refractivity contribution is -0.153. The Balaban J connectivity index is 1.25. The zero-order valence-corrected chi connectivity index (χ0v) is 23.0. The molecule has 2 bridgehead atoms. The fraction of sp³-hybridized carbons (Fsp3) is 0.444. The minimum Gasteiger partial charge on any atom is -0.341 e. The molecule has 3 aliphatic heterocycles. The SMILES string of the molecule is O=C1C(C2=NS(=O)(=O)c3cc(N4CCCS4(=O)=O)ccc3N2)C(=O)N(Cc2ccc(F)cc2)C2C1[C@H]1CC[C@@H]2C1. The van der Waals surface area contributed by atoms with Gasteiger partial charge in [0.2, 0.25) is 15.9 Å². The molecule has 3 heterocycles. The van der Waals surface area contributed by atoms with Crippen molar-refractivity contribution in [2.24, 2.45) is 28.1 Å². The average molecular weight is 587 g/mol. The first kappa shape index (κ1) is 25.6. The Morgan fingerprint density at radius 2 is 1.75 bits per heavy atom. The number of benzene rings is 2. The number of fused-ring (bicyclic) bond motifs is 6. The van der Waals surface area contributed by atoms with Crippen LogP contribution in [0.3, 0.4) is 0 Å². The van der Waals surface area contributed by atoms with Crippen LogP contribution in [0.5, 0.6) is 0 Å². The van der Waals surface area contributed by atoms with Crippen molar-refractivity contribution in [2.75, 3.05) is 21.9 Å². The van der Waals surface area contributed by atoms with Gasteiger partial charge in [-0.3, -0.25) is 13.9 Å². The minimum absolute atomic E-state index is 0.0122. The first-order chi connectivity index (χ1) is 19.0. The molecule has 2 saturated carbocycles. The van der Waals surface area contributed by atoms with E-state index in [1.807, 2.05) is 0 Å². The summed E-state index contributed by atoms with van der Waals surface area (Å²) in [6, 6.07) is 9.78. The Morgan fingerprint density at radius 1 is 1.00 bits per heavy atom. The lowest BCUT2D eigenvalue weighted by Crippen LogP contribution is -2.61. The van der Waals surface area contributed by atoms with Gasteiger partial charge >= 0.3 is 0 Å². The number of sulfonamides is 2. The second-order valence-corrected chi connectivity index (χ2v) is 14.9. The summed E-state index contributed by atoms with van der Waals surface area (Å²) in [6.07, 6.45) is 3.08. The number of piperidine rings is 1. The maximum Gasteiger partial charge on any atom is 0.286 e. The van der Waals surface area contributed by atoms with E-state index in [9.17, 15) is 30.8 Å². The third kappa shape index (κ3) is 3.88. The summed E-state index contributed by atoms with van der Waals surface area (Å²) in [7, 11) is -7.88. The monoisotopic (exact) mass is 586 g/mol. The number of amides is 1. The van der Waals surface area contributed by atoms with E-state index in [-0.39, 0.29) is 64.6 Å². The van der Waals surface area contributed by atoms with Gasteiger partial charge < -0.3 is 10.2 Å². The highest BCUT2D eigenvalue weighted by atomic mass is 32.2. The maximum absolute atomic E-state index is 14.0. The summed E-state index contributed by atoms with van der Waals surface area (Å²) in [5.41, 5.74) is 1.07. The highest BCUT2D eigenvalue weighted by Crippen LogP contribution is 2.54. The Hall–Kier alpha value is -3.32. The van der Waals surface area contributed by atoms with Crippen LogP contribution in [0.4, 0.5) is 15.8 Å². The molecule has 0 aromatic heterocycles. The molecule has 210 valence electrons. The lowest BCUT2D eigenvalue weighted by Gasteiger charge is -2.45. The number of carbonyl (C=O) groups is 2. The maximum atomic E-state index is 14.0. The van der Waals surface area contributed by atoms with Crippen LogP contribution in [0, 0.1) is 29.5 Å². The average Bonchev–Trinajstić information content (AvgIpc) is 3.62. The predicted molar refractivity (Wildman–Crippen MR) is 144 cm³/mol. The lowest BCUT2D eigenvalue weighted by atomic mass is 9.73. The van der Waals surface area contributed by atoms with Gasteiger partial charge in [0.25, 0.3) is 10.0 Å². The fourth-order valence-electron chi connectivity index (χ4n) is 7.34. The topological polar surface area (TPSA) is 133 Å². The molecule has 0 spiro atoms. The quantitative estimate of drug-likeness (QED) is 0.545. The van der Waals surface area contributed by atoms with Crippen LogP contribution in [0.15, 0.2) is 51.8 Å². The predicted octanol–water partition coefficient (Wildman–Crippen LogP) is 2.52. The largest absolute Gasteiger partial charge is 0.341 e. The molecule has 2 aromatic rings. The molecule has 1 N–H and O–H groups in total. The van der Waals surface area contributed by atoms with Gasteiger partial charge in [-0.2, -0.15) is 8.42 Å². The molecule has 2 saturated heterocycles. The van der Waals surface area contributed by atoms with Crippen molar-refractivity contribution in [1.82, 2.24) is 4.90 Å². The Kier molecular flexibility index (Phi) is 5.66. The van der Waals surface area contributed by atoms with E-state index in [0.717, 1.165) is 19.3 Å². The molecule has 40 heavy (non-hydrogen) atoms. The van der Waals surface area contributed by atoms with Crippen LogP contribution < -0.4 is 9.62 Å². The summed E-state index contributed by atoms with van der Waals surface area (Å²) >= 11 is 0. The zero-order chi connectivity index (χ0) is 28.0. The summed E-state index contributed by atoms with van der Waals surface area (Å²) in [5.74, 6) is -3.01. The minimum atomic E-state index is -4.35. The number of carbonyl (C=O) groups excluding carboxylic acids is 2. The fourth-order valence-corrected chi connectivity index (χ4v) is 10.1. The molecule has 3 unspecified atom stereocenters. The number of hydrogen-bond donors (Lipinski definition) is 1. The first-order valence-electron chi connectivity index (χ1n) is 13.4. The summed E-state index contributed by atoms with van der Waals surface area (Å²) in [6.45, 7) is 0.431. The number of likely N-dealkylation sites (tertiary alicyclic amines) is 1. The normalized spacial score (nSPS) is 31.5. The standard InChI is InChI=1S/C27H27FN4O6S2/c28-18-6-2-15(3-7-18)14-31-24-17-5-4-16(12-17)22(24)25(33)23(27(31)34)26-29-20-9-8-19(13-21(20)40(37,38)30-26)32-10-1-11-39(32,35)36/h2-3,6-9,13,16-17,22-24H,1,4-5,10-12,14H2,(H,29,30)/t16-,17+,22?,23?,24?/m0/s1. The molecule has 0 radical (unpaired) electrons. The molecule has 2 aliphatic carbocycles. The van der Waals surface area contributed by atoms with Gasteiger partial charge in [-0.05, 0) is 73.4 Å². The van der Waals surface area contributed by atoms with Crippen molar-refractivity contribution in [3.8, 4) is 0 Å². The summed E-state index contributed by atoms with van der Waals surface area (Å²) < 4.78 is 70.1. The van der Waals surface area contributed by atoms with E-state index in [0.29, 0.717) is 12.0 Å². The summed E-state index contributed by atoms with van der Waals surface area (Å²) in [5, 5.41) is 2.92. The van der Waals surface area contributed by atoms with Crippen molar-refractivity contribution in [1.29, 1.82) is 0 Å². The number of hydrogen-bond acceptors (Lipinski definition) is 7. The number of anilines is 2. The van der Waals surface area contributed by atoms with E-state index in [1.54, 1.807) is 17.0 Å². The van der Waals surface area contributed by atoms with Crippen LogP contribution in [0.1, 0.15) is 31.2 Å². The van der Waals surface area contributed by atoms with Crippen LogP contribution in [0.2, 0.25) is 0 Å². The summed E-state index contributed by atoms with van der Waals surface area (Å²) in [4.78, 5) is 29.3. The molecule has 13 heteroatoms. The van der Waals surface area contributed by atoms with E-state index in [1.165, 1.54) is 34.6 Å². The molecule has 7 rings (SSSR count). The van der Waals surface area contributed by atoms with Crippen molar-refractivity contribution in [3.63, 3.8) is 0 Å². The molecule has 5 aliphatic rings. The first-order valence-corrected chi connectivity index (χ1v) is 16.4. The number of Topliss-reactive ketones (excluding diaryl/α,β-unsaturated/α-hetero) is 1. The molecule has 10 nitrogen and oxygen atoms in total. The third-order valence-corrected chi connectivity index (χ3v) is 12.2. The number of ketones is 1. The van der Waals surface area contributed by atoms with E-state index >= 15 is 0 Å². The van der Waals surface area contributed by atoms with Crippen LogP contribution >= 0.6 is 0 Å². The smallest absolute Gasteiger partial charge is 0.286 e. The number of halogens is 1. The van der Waals surface area contributed by atoms with Crippen molar-refractivity contribution in [3.05, 3.63) is 53.8 Å².